The van der Waals surface area contributed by atoms with Crippen LogP contribution in [0.5, 0.6) is 0 Å². The van der Waals surface area contributed by atoms with E-state index in [0.717, 1.165) is 25.7 Å². The van der Waals surface area contributed by atoms with Gasteiger partial charge in [0.2, 0.25) is 0 Å². The van der Waals surface area contributed by atoms with E-state index in [1.807, 2.05) is 0 Å². The van der Waals surface area contributed by atoms with Crippen molar-refractivity contribution in [3.8, 4) is 0 Å². The number of carboxylic acids is 1. The van der Waals surface area contributed by atoms with Crippen LogP contribution in [0.1, 0.15) is 45.4 Å². The number of carboxylic acid groups (broad SMARTS) is 1. The van der Waals surface area contributed by atoms with E-state index in [1.54, 1.807) is 6.92 Å². The molecule has 1 unspecified atom stereocenters. The average Bonchev–Trinajstić information content (AvgIpc) is 2.26. The van der Waals surface area contributed by atoms with E-state index in [1.165, 1.54) is 11.7 Å². The topological polar surface area (TPSA) is 71.0 Å². The Balaban J connectivity index is 2.55. The molecule has 0 aromatic heterocycles. The Morgan fingerprint density at radius 2 is 1.93 bits per heavy atom. The maximum absolute atomic E-state index is 11.3. The second-order valence-corrected chi connectivity index (χ2v) is 4.25. The fourth-order valence-corrected chi connectivity index (χ4v) is 2.22. The summed E-state index contributed by atoms with van der Waals surface area (Å²) in [4.78, 5) is 22.3. The van der Waals surface area contributed by atoms with Crippen LogP contribution in [0.2, 0.25) is 0 Å². The molecule has 4 nitrogen and oxygen atoms in total. The summed E-state index contributed by atoms with van der Waals surface area (Å²) in [6.45, 7) is 1.76. The van der Waals surface area contributed by atoms with Crippen LogP contribution < -0.4 is 5.32 Å². The zero-order chi connectivity index (χ0) is 11.3. The fraction of sp³-hybridized carbons (Fsp3) is 0.818. The van der Waals surface area contributed by atoms with Gasteiger partial charge in [-0.05, 0) is 12.8 Å². The number of amides is 1. The number of rotatable bonds is 4. The van der Waals surface area contributed by atoms with Crippen molar-refractivity contribution in [1.29, 1.82) is 0 Å². The number of aliphatic carboxylic acids is 1. The molecule has 1 amide bonds. The highest BCUT2D eigenvalue weighted by Gasteiger charge is 2.33. The van der Waals surface area contributed by atoms with Crippen LogP contribution in [0.15, 0.2) is 0 Å². The van der Waals surface area contributed by atoms with E-state index >= 15 is 0 Å². The lowest BCUT2D eigenvalue weighted by Gasteiger charge is -2.24. The average molecular weight is 214 g/mol. The predicted molar refractivity (Wildman–Crippen MR) is 55.2 cm³/mol. The molecule has 86 valence electrons. The molecule has 15 heavy (non-hydrogen) atoms. The lowest BCUT2D eigenvalue weighted by atomic mass is 9.84. The highest BCUT2D eigenvalue weighted by atomic mass is 16.4. The molecule has 0 spiro atoms. The van der Waals surface area contributed by atoms with Gasteiger partial charge in [-0.25, -0.2) is 9.59 Å². The lowest BCUT2D eigenvalue weighted by molar-refractivity contribution is -0.602. The summed E-state index contributed by atoms with van der Waals surface area (Å²) in [6, 6.07) is -0.558. The van der Waals surface area contributed by atoms with Crippen molar-refractivity contribution < 1.29 is 20.0 Å². The lowest BCUT2D eigenvalue weighted by Crippen LogP contribution is -2.96. The largest absolute Gasteiger partial charge is 0.477 e. The molecule has 1 aliphatic rings. The van der Waals surface area contributed by atoms with E-state index in [4.69, 9.17) is 5.11 Å². The summed E-state index contributed by atoms with van der Waals surface area (Å²) >= 11 is 0. The van der Waals surface area contributed by atoms with Crippen molar-refractivity contribution in [2.24, 2.45) is 5.92 Å². The third kappa shape index (κ3) is 3.63. The molecular weight excluding hydrogens is 194 g/mol. The van der Waals surface area contributed by atoms with Crippen LogP contribution in [0.25, 0.3) is 0 Å². The molecule has 3 N–H and O–H groups in total. The Morgan fingerprint density at radius 3 is 2.40 bits per heavy atom. The first kappa shape index (κ1) is 12.2. The fourth-order valence-electron chi connectivity index (χ4n) is 2.22. The monoisotopic (exact) mass is 214 g/mol. The van der Waals surface area contributed by atoms with E-state index in [-0.39, 0.29) is 11.8 Å². The van der Waals surface area contributed by atoms with Crippen LogP contribution in [-0.2, 0) is 9.59 Å². The van der Waals surface area contributed by atoms with Crippen molar-refractivity contribution in [1.82, 2.24) is 0 Å². The molecule has 0 heterocycles. The maximum atomic E-state index is 11.3. The first-order chi connectivity index (χ1) is 7.15. The second kappa shape index (κ2) is 5.85. The van der Waals surface area contributed by atoms with Crippen LogP contribution in [0.4, 0.5) is 0 Å². The third-order valence-electron chi connectivity index (χ3n) is 3.16. The molecule has 1 atom stereocenters. The normalized spacial score (nSPS) is 19.8. The number of quaternary nitrogens is 1. The third-order valence-corrected chi connectivity index (χ3v) is 3.16. The highest BCUT2D eigenvalue weighted by molar-refractivity contribution is 5.75. The molecule has 0 radical (unpaired) electrons. The van der Waals surface area contributed by atoms with Crippen LogP contribution in [0, 0.1) is 5.92 Å². The van der Waals surface area contributed by atoms with Crippen LogP contribution in [-0.4, -0.2) is 23.0 Å². The van der Waals surface area contributed by atoms with Gasteiger partial charge < -0.3 is 5.11 Å². The smallest absolute Gasteiger partial charge is 0.363 e. The molecule has 4 heteroatoms. The summed E-state index contributed by atoms with van der Waals surface area (Å²) < 4.78 is 0. The summed E-state index contributed by atoms with van der Waals surface area (Å²) in [7, 11) is 0. The Bertz CT molecular complexity index is 234. The summed E-state index contributed by atoms with van der Waals surface area (Å²) in [5, 5.41) is 10.5. The predicted octanol–water partition coefficient (Wildman–Crippen LogP) is 0.520. The molecule has 0 aromatic carbocycles. The van der Waals surface area contributed by atoms with Crippen LogP contribution >= 0.6 is 0 Å². The molecule has 0 bridgehead atoms. The minimum absolute atomic E-state index is 0.0482. The number of carbonyl (C=O) groups is 2. The Kier molecular flexibility index (Phi) is 4.75. The van der Waals surface area contributed by atoms with Gasteiger partial charge in [-0.15, -0.1) is 0 Å². The zero-order valence-corrected chi connectivity index (χ0v) is 9.24. The summed E-state index contributed by atoms with van der Waals surface area (Å²) in [5.41, 5.74) is 0. The minimum atomic E-state index is -0.844. The van der Waals surface area contributed by atoms with Crippen molar-refractivity contribution in [3.63, 3.8) is 0 Å². The quantitative estimate of drug-likeness (QED) is 0.716. The Morgan fingerprint density at radius 1 is 1.33 bits per heavy atom. The molecule has 1 fully saturated rings. The van der Waals surface area contributed by atoms with Crippen molar-refractivity contribution in [2.45, 2.75) is 51.5 Å². The molecule has 0 aliphatic heterocycles. The SMILES string of the molecule is CCC(=O)[NH2+]C(C(=O)O)C1CCCCC1. The number of carbonyl (C=O) groups excluding carboxylic acids is 1. The van der Waals surface area contributed by atoms with Crippen LogP contribution in [0.3, 0.4) is 0 Å². The number of hydrogen-bond donors (Lipinski definition) is 2. The molecule has 0 saturated heterocycles. The molecule has 1 aliphatic carbocycles. The van der Waals surface area contributed by atoms with E-state index in [0.29, 0.717) is 6.42 Å². The van der Waals surface area contributed by atoms with E-state index in [2.05, 4.69) is 0 Å². The van der Waals surface area contributed by atoms with Gasteiger partial charge in [0.1, 0.15) is 0 Å². The minimum Gasteiger partial charge on any atom is -0.477 e. The highest BCUT2D eigenvalue weighted by Crippen LogP contribution is 2.25. The van der Waals surface area contributed by atoms with E-state index < -0.39 is 12.0 Å². The van der Waals surface area contributed by atoms with Gasteiger partial charge in [0.25, 0.3) is 0 Å². The number of nitrogens with two attached hydrogens (primary N) is 1. The van der Waals surface area contributed by atoms with Gasteiger partial charge in [-0.3, -0.25) is 5.32 Å². The molecular formula is C11H20NO3+. The maximum Gasteiger partial charge on any atom is 0.363 e. The zero-order valence-electron chi connectivity index (χ0n) is 9.24. The summed E-state index contributed by atoms with van der Waals surface area (Å²) in [5.74, 6) is -0.719. The number of hydrogen-bond acceptors (Lipinski definition) is 2. The first-order valence-electron chi connectivity index (χ1n) is 5.75. The molecule has 1 saturated carbocycles. The van der Waals surface area contributed by atoms with Gasteiger partial charge >= 0.3 is 11.9 Å². The van der Waals surface area contributed by atoms with Crippen molar-refractivity contribution >= 4 is 11.9 Å². The Hall–Kier alpha value is -0.900. The second-order valence-electron chi connectivity index (χ2n) is 4.25. The van der Waals surface area contributed by atoms with Gasteiger partial charge in [0, 0.05) is 5.92 Å². The van der Waals surface area contributed by atoms with E-state index in [9.17, 15) is 9.59 Å². The summed E-state index contributed by atoms with van der Waals surface area (Å²) in [6.07, 6.45) is 5.70. The Labute approximate surface area is 90.0 Å². The van der Waals surface area contributed by atoms with Gasteiger partial charge in [-0.1, -0.05) is 26.2 Å². The number of primary amides is 1. The van der Waals surface area contributed by atoms with Gasteiger partial charge in [0.05, 0.1) is 6.42 Å². The van der Waals surface area contributed by atoms with Gasteiger partial charge in [-0.2, -0.15) is 0 Å². The first-order valence-corrected chi connectivity index (χ1v) is 5.75. The standard InChI is InChI=1S/C11H19NO3/c1-2-9(13)12-10(11(14)15)8-6-4-3-5-7-8/h8,10H,2-7H2,1H3,(H,12,13)(H,14,15)/p+1. The van der Waals surface area contributed by atoms with Crippen molar-refractivity contribution in [3.05, 3.63) is 0 Å². The molecule has 0 aromatic rings. The van der Waals surface area contributed by atoms with Crippen molar-refractivity contribution in [2.75, 3.05) is 0 Å². The van der Waals surface area contributed by atoms with Gasteiger partial charge in [0.15, 0.2) is 6.04 Å². The molecule has 1 rings (SSSR count).